The summed E-state index contributed by atoms with van der Waals surface area (Å²) in [4.78, 5) is 38.6. The van der Waals surface area contributed by atoms with Crippen LogP contribution in [0.25, 0.3) is 11.0 Å². The molecule has 1 aliphatic rings. The Morgan fingerprint density at radius 2 is 2.07 bits per heavy atom. The van der Waals surface area contributed by atoms with E-state index in [1.807, 2.05) is 0 Å². The number of benzene rings is 1. The summed E-state index contributed by atoms with van der Waals surface area (Å²) in [7, 11) is 0. The Balaban J connectivity index is 1.85. The van der Waals surface area contributed by atoms with E-state index < -0.39 is 24.1 Å². The standard InChI is InChI=1S/C17H18BrN5O4/c1-9(24)16(26)27-10(2)15(25)23-8-7-21-17(23)22-11-3-4-12-14(13(11)18)20-6-5-19-12/h3-6,9-10,24H,7-8H2,1-2H3,(H,21,22)/t9-,10-/m0/s1. The van der Waals surface area contributed by atoms with Crippen molar-refractivity contribution in [2.24, 2.45) is 4.99 Å². The van der Waals surface area contributed by atoms with Crippen LogP contribution in [-0.2, 0) is 14.3 Å². The molecule has 1 aliphatic heterocycles. The Labute approximate surface area is 163 Å². The van der Waals surface area contributed by atoms with E-state index in [4.69, 9.17) is 4.74 Å². The van der Waals surface area contributed by atoms with Crippen molar-refractivity contribution >= 4 is 50.5 Å². The monoisotopic (exact) mass is 435 g/mol. The van der Waals surface area contributed by atoms with Crippen LogP contribution in [-0.4, -0.2) is 63.1 Å². The first-order valence-electron chi connectivity index (χ1n) is 8.30. The maximum Gasteiger partial charge on any atom is 0.335 e. The second-order valence-electron chi connectivity index (χ2n) is 5.93. The molecule has 10 heteroatoms. The van der Waals surface area contributed by atoms with Gasteiger partial charge in [-0.05, 0) is 41.9 Å². The number of carbonyl (C=O) groups is 2. The number of aliphatic hydroxyl groups excluding tert-OH is 1. The molecule has 27 heavy (non-hydrogen) atoms. The summed E-state index contributed by atoms with van der Waals surface area (Å²) in [5, 5.41) is 12.3. The number of aromatic nitrogens is 2. The lowest BCUT2D eigenvalue weighted by Crippen LogP contribution is -2.43. The zero-order valence-electron chi connectivity index (χ0n) is 14.7. The second-order valence-corrected chi connectivity index (χ2v) is 6.72. The summed E-state index contributed by atoms with van der Waals surface area (Å²) in [6.45, 7) is 3.65. The fraction of sp³-hybridized carbons (Fsp3) is 0.353. The number of carbonyl (C=O) groups excluding carboxylic acids is 2. The molecule has 0 saturated carbocycles. The van der Waals surface area contributed by atoms with Crippen LogP contribution in [0.15, 0.2) is 34.0 Å². The van der Waals surface area contributed by atoms with Crippen LogP contribution in [0.1, 0.15) is 13.8 Å². The number of aliphatic hydroxyl groups is 1. The van der Waals surface area contributed by atoms with Crippen LogP contribution in [0.2, 0.25) is 0 Å². The van der Waals surface area contributed by atoms with Crippen molar-refractivity contribution in [3.63, 3.8) is 0 Å². The van der Waals surface area contributed by atoms with Crippen molar-refractivity contribution in [3.05, 3.63) is 29.0 Å². The Morgan fingerprint density at radius 1 is 1.33 bits per heavy atom. The largest absolute Gasteiger partial charge is 0.451 e. The van der Waals surface area contributed by atoms with E-state index in [-0.39, 0.29) is 0 Å². The minimum absolute atomic E-state index is 0.351. The quantitative estimate of drug-likeness (QED) is 0.690. The van der Waals surface area contributed by atoms with E-state index in [0.717, 1.165) is 5.52 Å². The predicted octanol–water partition coefficient (Wildman–Crippen LogP) is 1.12. The SMILES string of the molecule is C[C@H](O)C(=O)O[C@@H](C)C(=O)N1CCN/C1=N\c1ccc2nccnc2c1Br. The number of guanidine groups is 1. The molecule has 2 heterocycles. The number of amides is 1. The normalized spacial score (nSPS) is 17.6. The summed E-state index contributed by atoms with van der Waals surface area (Å²) in [5.74, 6) is -0.925. The summed E-state index contributed by atoms with van der Waals surface area (Å²) in [5.41, 5.74) is 1.97. The number of rotatable bonds is 4. The third kappa shape index (κ3) is 4.06. The van der Waals surface area contributed by atoms with Gasteiger partial charge in [-0.25, -0.2) is 9.79 Å². The van der Waals surface area contributed by atoms with Gasteiger partial charge in [0.2, 0.25) is 5.96 Å². The average molecular weight is 436 g/mol. The van der Waals surface area contributed by atoms with Gasteiger partial charge in [-0.1, -0.05) is 0 Å². The molecule has 0 bridgehead atoms. The summed E-state index contributed by atoms with van der Waals surface area (Å²) < 4.78 is 5.64. The van der Waals surface area contributed by atoms with Gasteiger partial charge in [0.05, 0.1) is 15.7 Å². The molecule has 0 radical (unpaired) electrons. The van der Waals surface area contributed by atoms with E-state index in [1.54, 1.807) is 24.5 Å². The van der Waals surface area contributed by atoms with E-state index in [1.165, 1.54) is 18.7 Å². The van der Waals surface area contributed by atoms with Gasteiger partial charge in [-0.3, -0.25) is 19.7 Å². The molecule has 3 rings (SSSR count). The zero-order chi connectivity index (χ0) is 19.6. The number of hydrogen-bond acceptors (Lipinski definition) is 7. The molecular formula is C17H18BrN5O4. The van der Waals surface area contributed by atoms with Crippen molar-refractivity contribution in [3.8, 4) is 0 Å². The first kappa shape index (κ1) is 19.2. The molecule has 1 amide bonds. The number of ether oxygens (including phenoxy) is 1. The Kier molecular flexibility index (Phi) is 5.66. The highest BCUT2D eigenvalue weighted by Crippen LogP contribution is 2.31. The van der Waals surface area contributed by atoms with E-state index in [2.05, 4.69) is 36.2 Å². The maximum absolute atomic E-state index is 12.6. The molecule has 1 aromatic carbocycles. The van der Waals surface area contributed by atoms with Crippen molar-refractivity contribution in [2.45, 2.75) is 26.1 Å². The molecule has 142 valence electrons. The molecule has 0 unspecified atom stereocenters. The zero-order valence-corrected chi connectivity index (χ0v) is 16.3. The Bertz CT molecular complexity index is 917. The van der Waals surface area contributed by atoms with Gasteiger partial charge < -0.3 is 15.2 Å². The number of nitrogens with one attached hydrogen (secondary N) is 1. The molecule has 0 aliphatic carbocycles. The first-order valence-corrected chi connectivity index (χ1v) is 9.09. The van der Waals surface area contributed by atoms with Crippen LogP contribution in [0.3, 0.4) is 0 Å². The molecular weight excluding hydrogens is 418 g/mol. The van der Waals surface area contributed by atoms with Crippen LogP contribution in [0, 0.1) is 0 Å². The number of nitrogens with zero attached hydrogens (tertiary/aromatic N) is 4. The third-order valence-electron chi connectivity index (χ3n) is 3.91. The minimum atomic E-state index is -1.29. The fourth-order valence-electron chi connectivity index (χ4n) is 2.53. The van der Waals surface area contributed by atoms with Gasteiger partial charge in [-0.15, -0.1) is 0 Å². The van der Waals surface area contributed by atoms with Crippen molar-refractivity contribution in [1.82, 2.24) is 20.2 Å². The molecule has 2 aromatic rings. The lowest BCUT2D eigenvalue weighted by molar-refractivity contribution is -0.163. The van der Waals surface area contributed by atoms with Gasteiger partial charge >= 0.3 is 5.97 Å². The molecule has 1 aromatic heterocycles. The molecule has 0 spiro atoms. The lowest BCUT2D eigenvalue weighted by atomic mass is 10.2. The third-order valence-corrected chi connectivity index (χ3v) is 4.69. The number of fused-ring (bicyclic) bond motifs is 1. The Morgan fingerprint density at radius 3 is 2.81 bits per heavy atom. The number of halogens is 1. The maximum atomic E-state index is 12.6. The van der Waals surface area contributed by atoms with Crippen LogP contribution in [0.4, 0.5) is 5.69 Å². The van der Waals surface area contributed by atoms with Crippen LogP contribution in [0.5, 0.6) is 0 Å². The second kappa shape index (κ2) is 7.97. The highest BCUT2D eigenvalue weighted by atomic mass is 79.9. The number of hydrogen-bond donors (Lipinski definition) is 2. The van der Waals surface area contributed by atoms with E-state index in [9.17, 15) is 14.7 Å². The summed E-state index contributed by atoms with van der Waals surface area (Å²) in [6.07, 6.45) is 0.865. The van der Waals surface area contributed by atoms with Gasteiger partial charge in [0.25, 0.3) is 5.91 Å². The summed E-state index contributed by atoms with van der Waals surface area (Å²) >= 11 is 3.49. The first-order chi connectivity index (χ1) is 12.9. The van der Waals surface area contributed by atoms with Gasteiger partial charge in [0.1, 0.15) is 11.6 Å². The van der Waals surface area contributed by atoms with E-state index in [0.29, 0.717) is 34.7 Å². The summed E-state index contributed by atoms with van der Waals surface area (Å²) in [6, 6.07) is 3.56. The van der Waals surface area contributed by atoms with Crippen LogP contribution < -0.4 is 5.32 Å². The van der Waals surface area contributed by atoms with Crippen molar-refractivity contribution in [2.75, 3.05) is 13.1 Å². The fourth-order valence-corrected chi connectivity index (χ4v) is 3.06. The van der Waals surface area contributed by atoms with Crippen molar-refractivity contribution in [1.29, 1.82) is 0 Å². The van der Waals surface area contributed by atoms with Crippen molar-refractivity contribution < 1.29 is 19.4 Å². The molecule has 2 N–H and O–H groups in total. The Hall–Kier alpha value is -2.59. The van der Waals surface area contributed by atoms with Crippen LogP contribution >= 0.6 is 15.9 Å². The minimum Gasteiger partial charge on any atom is -0.451 e. The van der Waals surface area contributed by atoms with E-state index >= 15 is 0 Å². The number of esters is 1. The van der Waals surface area contributed by atoms with Gasteiger partial charge in [0, 0.05) is 25.5 Å². The molecule has 1 fully saturated rings. The topological polar surface area (TPSA) is 117 Å². The van der Waals surface area contributed by atoms with Gasteiger partial charge in [0.15, 0.2) is 6.10 Å². The molecule has 9 nitrogen and oxygen atoms in total. The highest BCUT2D eigenvalue weighted by Gasteiger charge is 2.31. The predicted molar refractivity (Wildman–Crippen MR) is 101 cm³/mol. The van der Waals surface area contributed by atoms with Gasteiger partial charge in [-0.2, -0.15) is 0 Å². The number of aliphatic imine (C=N–C) groups is 1. The average Bonchev–Trinajstić information content (AvgIpc) is 3.11. The smallest absolute Gasteiger partial charge is 0.335 e. The molecule has 1 saturated heterocycles. The molecule has 2 atom stereocenters. The lowest BCUT2D eigenvalue weighted by Gasteiger charge is -2.21. The highest BCUT2D eigenvalue weighted by molar-refractivity contribution is 9.10.